The lowest BCUT2D eigenvalue weighted by atomic mass is 10.1. The van der Waals surface area contributed by atoms with Gasteiger partial charge in [-0.2, -0.15) is 0 Å². The highest BCUT2D eigenvalue weighted by Gasteiger charge is 2.33. The molecule has 0 aliphatic carbocycles. The molecule has 1 amide bonds. The summed E-state index contributed by atoms with van der Waals surface area (Å²) < 4.78 is 5.65. The molecule has 1 N–H and O–H groups in total. The third-order valence-corrected chi connectivity index (χ3v) is 4.97. The van der Waals surface area contributed by atoms with Crippen molar-refractivity contribution in [2.45, 2.75) is 6.92 Å². The van der Waals surface area contributed by atoms with Gasteiger partial charge in [0, 0.05) is 0 Å². The lowest BCUT2D eigenvalue weighted by Gasteiger charge is -2.16. The topological polar surface area (TPSA) is 66.8 Å². The van der Waals surface area contributed by atoms with Crippen LogP contribution in [0.1, 0.15) is 11.1 Å². The van der Waals surface area contributed by atoms with Crippen LogP contribution >= 0.6 is 24.0 Å². The van der Waals surface area contributed by atoms with Crippen molar-refractivity contribution in [3.8, 4) is 5.75 Å². The highest BCUT2D eigenvalue weighted by atomic mass is 32.2. The molecule has 1 aliphatic heterocycles. The number of para-hydroxylation sites is 1. The maximum Gasteiger partial charge on any atom is 0.341 e. The Hall–Kier alpha value is -2.64. The molecule has 1 aliphatic rings. The Balaban J connectivity index is 1.85. The van der Waals surface area contributed by atoms with Crippen molar-refractivity contribution in [1.82, 2.24) is 0 Å². The Morgan fingerprint density at radius 1 is 1.27 bits per heavy atom. The molecule has 132 valence electrons. The molecule has 0 spiro atoms. The molecule has 7 heteroatoms. The number of carboxylic acid groups (broad SMARTS) is 1. The number of ether oxygens (including phenoxy) is 1. The van der Waals surface area contributed by atoms with Gasteiger partial charge in [-0.05, 0) is 42.3 Å². The van der Waals surface area contributed by atoms with Gasteiger partial charge in [0.25, 0.3) is 5.91 Å². The van der Waals surface area contributed by atoms with Crippen LogP contribution in [0.25, 0.3) is 6.08 Å². The van der Waals surface area contributed by atoms with Gasteiger partial charge in [0.15, 0.2) is 10.9 Å². The van der Waals surface area contributed by atoms with Crippen molar-refractivity contribution < 1.29 is 19.4 Å². The number of carbonyl (C=O) groups is 2. The van der Waals surface area contributed by atoms with E-state index in [1.54, 1.807) is 24.3 Å². The Morgan fingerprint density at radius 2 is 2.04 bits per heavy atom. The normalized spacial score (nSPS) is 15.6. The van der Waals surface area contributed by atoms with E-state index in [0.717, 1.165) is 16.8 Å². The summed E-state index contributed by atoms with van der Waals surface area (Å²) in [7, 11) is 0. The van der Waals surface area contributed by atoms with E-state index in [1.165, 1.54) is 16.7 Å². The number of carbonyl (C=O) groups excluding carboxylic acids is 1. The molecule has 1 saturated heterocycles. The number of rotatable bonds is 5. The second-order valence-corrected chi connectivity index (χ2v) is 7.23. The molecule has 26 heavy (non-hydrogen) atoms. The third kappa shape index (κ3) is 3.95. The molecule has 3 rings (SSSR count). The highest BCUT2D eigenvalue weighted by Crippen LogP contribution is 2.37. The highest BCUT2D eigenvalue weighted by molar-refractivity contribution is 8.27. The molecule has 2 aromatic carbocycles. The number of benzene rings is 2. The lowest BCUT2D eigenvalue weighted by Crippen LogP contribution is -2.28. The minimum absolute atomic E-state index is 0.175. The summed E-state index contributed by atoms with van der Waals surface area (Å²) in [4.78, 5) is 25.5. The summed E-state index contributed by atoms with van der Waals surface area (Å²) in [5.41, 5.74) is 2.48. The molecule has 0 unspecified atom stereocenters. The van der Waals surface area contributed by atoms with Gasteiger partial charge in [0.2, 0.25) is 0 Å². The Bertz CT molecular complexity index is 923. The van der Waals surface area contributed by atoms with Gasteiger partial charge in [0.05, 0.1) is 10.6 Å². The van der Waals surface area contributed by atoms with E-state index in [9.17, 15) is 9.59 Å². The van der Waals surface area contributed by atoms with Crippen LogP contribution in [0.3, 0.4) is 0 Å². The number of anilines is 1. The van der Waals surface area contributed by atoms with Gasteiger partial charge in [0.1, 0.15) is 5.75 Å². The molecule has 1 heterocycles. The monoisotopic (exact) mass is 385 g/mol. The van der Waals surface area contributed by atoms with Gasteiger partial charge >= 0.3 is 5.97 Å². The molecule has 2 aromatic rings. The number of thioether (sulfide) groups is 1. The van der Waals surface area contributed by atoms with Crippen molar-refractivity contribution in [2.24, 2.45) is 0 Å². The fourth-order valence-electron chi connectivity index (χ4n) is 2.48. The SMILES string of the molecule is Cc1ccccc1N1C(=O)C(=Cc2cccc(OCC(=O)O)c2)SC1=S. The maximum atomic E-state index is 12.8. The number of nitrogens with zero attached hydrogens (tertiary/aromatic N) is 1. The lowest BCUT2D eigenvalue weighted by molar-refractivity contribution is -0.139. The first kappa shape index (κ1) is 18.2. The number of thiocarbonyl (C=S) groups is 1. The Morgan fingerprint density at radius 3 is 2.77 bits per heavy atom. The number of hydrogen-bond donors (Lipinski definition) is 1. The average Bonchev–Trinajstić information content (AvgIpc) is 2.88. The van der Waals surface area contributed by atoms with Crippen molar-refractivity contribution in [2.75, 3.05) is 11.5 Å². The molecule has 0 atom stereocenters. The summed E-state index contributed by atoms with van der Waals surface area (Å²) in [5.74, 6) is -0.795. The van der Waals surface area contributed by atoms with Crippen LogP contribution in [0.15, 0.2) is 53.4 Å². The minimum Gasteiger partial charge on any atom is -0.482 e. The summed E-state index contributed by atoms with van der Waals surface area (Å²) in [6, 6.07) is 14.5. The van der Waals surface area contributed by atoms with Crippen molar-refractivity contribution >= 4 is 51.9 Å². The smallest absolute Gasteiger partial charge is 0.341 e. The van der Waals surface area contributed by atoms with Crippen LogP contribution in [-0.4, -0.2) is 27.9 Å². The average molecular weight is 385 g/mol. The zero-order valence-electron chi connectivity index (χ0n) is 13.8. The third-order valence-electron chi connectivity index (χ3n) is 3.67. The van der Waals surface area contributed by atoms with Gasteiger partial charge in [-0.15, -0.1) is 0 Å². The summed E-state index contributed by atoms with van der Waals surface area (Å²) >= 11 is 6.62. The molecule has 0 aromatic heterocycles. The van der Waals surface area contributed by atoms with E-state index in [-0.39, 0.29) is 5.91 Å². The number of aryl methyl sites for hydroxylation is 1. The van der Waals surface area contributed by atoms with E-state index < -0.39 is 12.6 Å². The van der Waals surface area contributed by atoms with E-state index in [2.05, 4.69) is 0 Å². The predicted molar refractivity (Wildman–Crippen MR) is 106 cm³/mol. The van der Waals surface area contributed by atoms with E-state index in [4.69, 9.17) is 22.1 Å². The molecule has 0 radical (unpaired) electrons. The van der Waals surface area contributed by atoms with Crippen LogP contribution in [0, 0.1) is 6.92 Å². The predicted octanol–water partition coefficient (Wildman–Crippen LogP) is 3.86. The molecular formula is C19H15NO4S2. The van der Waals surface area contributed by atoms with Crippen LogP contribution in [0.4, 0.5) is 5.69 Å². The van der Waals surface area contributed by atoms with E-state index in [0.29, 0.717) is 15.0 Å². The summed E-state index contributed by atoms with van der Waals surface area (Å²) in [6.07, 6.45) is 1.73. The number of carboxylic acids is 1. The second-order valence-electron chi connectivity index (χ2n) is 5.56. The van der Waals surface area contributed by atoms with Crippen LogP contribution in [-0.2, 0) is 9.59 Å². The molecule has 0 bridgehead atoms. The van der Waals surface area contributed by atoms with Crippen molar-refractivity contribution in [3.05, 3.63) is 64.6 Å². The Labute approximate surface area is 160 Å². The minimum atomic E-state index is -1.05. The van der Waals surface area contributed by atoms with Crippen molar-refractivity contribution in [3.63, 3.8) is 0 Å². The summed E-state index contributed by atoms with van der Waals surface area (Å²) in [6.45, 7) is 1.51. The second kappa shape index (κ2) is 7.72. The van der Waals surface area contributed by atoms with Gasteiger partial charge in [-0.25, -0.2) is 4.79 Å². The van der Waals surface area contributed by atoms with E-state index in [1.807, 2.05) is 37.3 Å². The number of amides is 1. The zero-order chi connectivity index (χ0) is 18.7. The standard InChI is InChI=1S/C19H15NO4S2/c1-12-5-2-3-8-15(12)20-18(23)16(26-19(20)25)10-13-6-4-7-14(9-13)24-11-17(21)22/h2-10H,11H2,1H3,(H,21,22). The number of aliphatic carboxylic acids is 1. The van der Waals surface area contributed by atoms with Crippen molar-refractivity contribution in [1.29, 1.82) is 0 Å². The van der Waals surface area contributed by atoms with Gasteiger partial charge in [-0.1, -0.05) is 54.3 Å². The van der Waals surface area contributed by atoms with Crippen LogP contribution < -0.4 is 9.64 Å². The number of hydrogen-bond acceptors (Lipinski definition) is 5. The largest absolute Gasteiger partial charge is 0.482 e. The zero-order valence-corrected chi connectivity index (χ0v) is 15.5. The molecule has 0 saturated carbocycles. The van der Waals surface area contributed by atoms with Gasteiger partial charge < -0.3 is 9.84 Å². The first-order valence-electron chi connectivity index (χ1n) is 7.74. The molecule has 5 nitrogen and oxygen atoms in total. The Kier molecular flexibility index (Phi) is 5.39. The van der Waals surface area contributed by atoms with Gasteiger partial charge in [-0.3, -0.25) is 9.69 Å². The molecule has 1 fully saturated rings. The fourth-order valence-corrected chi connectivity index (χ4v) is 3.77. The first-order valence-corrected chi connectivity index (χ1v) is 8.96. The first-order chi connectivity index (χ1) is 12.5. The van der Waals surface area contributed by atoms with Crippen LogP contribution in [0.5, 0.6) is 5.75 Å². The van der Waals surface area contributed by atoms with Crippen LogP contribution in [0.2, 0.25) is 0 Å². The fraction of sp³-hybridized carbons (Fsp3) is 0.105. The quantitative estimate of drug-likeness (QED) is 0.623. The maximum absolute atomic E-state index is 12.8. The summed E-state index contributed by atoms with van der Waals surface area (Å²) in [5, 5.41) is 8.69. The molecular weight excluding hydrogens is 370 g/mol. The van der Waals surface area contributed by atoms with E-state index >= 15 is 0 Å².